The number of carboxylic acids is 1. The van der Waals surface area contributed by atoms with Crippen LogP contribution in [0.25, 0.3) is 0 Å². The Morgan fingerprint density at radius 3 is 2.88 bits per heavy atom. The van der Waals surface area contributed by atoms with Crippen molar-refractivity contribution >= 4 is 17.3 Å². The molecule has 0 saturated heterocycles. The monoisotopic (exact) mass is 251 g/mol. The summed E-state index contributed by atoms with van der Waals surface area (Å²) in [6.45, 7) is 3.03. The lowest BCUT2D eigenvalue weighted by molar-refractivity contribution is 0.0701. The molecule has 0 saturated carbocycles. The van der Waals surface area contributed by atoms with Gasteiger partial charge in [0.15, 0.2) is 0 Å². The molecule has 2 heterocycles. The third kappa shape index (κ3) is 2.95. The van der Waals surface area contributed by atoms with Crippen molar-refractivity contribution in [1.29, 1.82) is 0 Å². The van der Waals surface area contributed by atoms with Crippen molar-refractivity contribution in [2.75, 3.05) is 0 Å². The molecule has 0 bridgehead atoms. The van der Waals surface area contributed by atoms with E-state index in [1.165, 1.54) is 11.3 Å². The molecule has 17 heavy (non-hydrogen) atoms. The number of aromatic carboxylic acids is 1. The number of rotatable bonds is 5. The fraction of sp³-hybridized carbons (Fsp3) is 0.250. The van der Waals surface area contributed by atoms with Crippen LogP contribution in [0.15, 0.2) is 28.0 Å². The number of hydrogen-bond acceptors (Lipinski definition) is 4. The zero-order chi connectivity index (χ0) is 12.3. The molecule has 2 N–H and O–H groups in total. The van der Waals surface area contributed by atoms with E-state index in [9.17, 15) is 4.79 Å². The van der Waals surface area contributed by atoms with Crippen molar-refractivity contribution in [1.82, 2.24) is 5.32 Å². The highest BCUT2D eigenvalue weighted by Gasteiger charge is 2.10. The first-order chi connectivity index (χ1) is 8.16. The molecule has 0 radical (unpaired) electrons. The second-order valence-electron chi connectivity index (χ2n) is 3.70. The van der Waals surface area contributed by atoms with Gasteiger partial charge in [-0.1, -0.05) is 0 Å². The largest absolute Gasteiger partial charge is 0.477 e. The van der Waals surface area contributed by atoms with Crippen molar-refractivity contribution in [3.05, 3.63) is 45.5 Å². The van der Waals surface area contributed by atoms with Crippen LogP contribution < -0.4 is 5.32 Å². The van der Waals surface area contributed by atoms with E-state index in [0.29, 0.717) is 18.0 Å². The summed E-state index contributed by atoms with van der Waals surface area (Å²) in [4.78, 5) is 11.3. The van der Waals surface area contributed by atoms with E-state index in [2.05, 4.69) is 5.32 Å². The summed E-state index contributed by atoms with van der Waals surface area (Å²) in [5.74, 6) is 0.865. The molecule has 0 aliphatic heterocycles. The Morgan fingerprint density at radius 1 is 1.41 bits per heavy atom. The van der Waals surface area contributed by atoms with E-state index >= 15 is 0 Å². The lowest BCUT2D eigenvalue weighted by atomic mass is 10.2. The fourth-order valence-electron chi connectivity index (χ4n) is 1.56. The highest BCUT2D eigenvalue weighted by molar-refractivity contribution is 7.12. The maximum absolute atomic E-state index is 10.9. The molecule has 2 aromatic rings. The van der Waals surface area contributed by atoms with Gasteiger partial charge in [-0.05, 0) is 36.1 Å². The second-order valence-corrected chi connectivity index (χ2v) is 4.61. The summed E-state index contributed by atoms with van der Waals surface area (Å²) in [5.41, 5.74) is 0.811. The van der Waals surface area contributed by atoms with Crippen LogP contribution in [0.4, 0.5) is 0 Å². The van der Waals surface area contributed by atoms with Crippen molar-refractivity contribution in [3.8, 4) is 0 Å². The van der Waals surface area contributed by atoms with Crippen molar-refractivity contribution < 1.29 is 14.3 Å². The molecule has 90 valence electrons. The first-order valence-electron chi connectivity index (χ1n) is 5.22. The number of nitrogens with one attached hydrogen (secondary N) is 1. The zero-order valence-corrected chi connectivity index (χ0v) is 10.2. The molecule has 0 aliphatic carbocycles. The molecule has 0 atom stereocenters. The summed E-state index contributed by atoms with van der Waals surface area (Å²) < 4.78 is 5.40. The van der Waals surface area contributed by atoms with Gasteiger partial charge in [0.25, 0.3) is 0 Å². The van der Waals surface area contributed by atoms with Crippen LogP contribution in [0.5, 0.6) is 0 Å². The van der Waals surface area contributed by atoms with E-state index in [0.717, 1.165) is 17.1 Å². The Morgan fingerprint density at radius 2 is 2.24 bits per heavy atom. The normalized spacial score (nSPS) is 10.6. The van der Waals surface area contributed by atoms with Crippen molar-refractivity contribution in [2.24, 2.45) is 0 Å². The average molecular weight is 251 g/mol. The SMILES string of the molecule is Cc1ccc(CNCc2ccsc2C(=O)O)o1. The maximum Gasteiger partial charge on any atom is 0.346 e. The molecule has 5 heteroatoms. The van der Waals surface area contributed by atoms with Crippen LogP contribution in [0.3, 0.4) is 0 Å². The lowest BCUT2D eigenvalue weighted by Crippen LogP contribution is -2.13. The molecule has 0 aliphatic rings. The fourth-order valence-corrected chi connectivity index (χ4v) is 2.32. The minimum atomic E-state index is -0.870. The Labute approximate surface area is 103 Å². The molecule has 0 aromatic carbocycles. The highest BCUT2D eigenvalue weighted by Crippen LogP contribution is 2.16. The van der Waals surface area contributed by atoms with Crippen LogP contribution in [0.1, 0.15) is 26.8 Å². The number of thiophene rings is 1. The van der Waals surface area contributed by atoms with E-state index in [-0.39, 0.29) is 0 Å². The van der Waals surface area contributed by atoms with E-state index in [4.69, 9.17) is 9.52 Å². The molecule has 0 spiro atoms. The molecular weight excluding hydrogens is 238 g/mol. The first-order valence-corrected chi connectivity index (χ1v) is 6.10. The number of carboxylic acid groups (broad SMARTS) is 1. The molecule has 2 aromatic heterocycles. The summed E-state index contributed by atoms with van der Waals surface area (Å²) in [5, 5.41) is 13.9. The van der Waals surface area contributed by atoms with Crippen molar-refractivity contribution in [2.45, 2.75) is 20.0 Å². The van der Waals surface area contributed by atoms with Crippen LogP contribution in [-0.2, 0) is 13.1 Å². The van der Waals surface area contributed by atoms with Gasteiger partial charge in [0.2, 0.25) is 0 Å². The van der Waals surface area contributed by atoms with Gasteiger partial charge in [-0.2, -0.15) is 0 Å². The summed E-state index contributed by atoms with van der Waals surface area (Å²) in [6.07, 6.45) is 0. The second kappa shape index (κ2) is 5.16. The lowest BCUT2D eigenvalue weighted by Gasteiger charge is -2.02. The van der Waals surface area contributed by atoms with Crippen molar-refractivity contribution in [3.63, 3.8) is 0 Å². The van der Waals surface area contributed by atoms with Crippen LogP contribution in [0.2, 0.25) is 0 Å². The van der Waals surface area contributed by atoms with Gasteiger partial charge in [-0.15, -0.1) is 11.3 Å². The van der Waals surface area contributed by atoms with Gasteiger partial charge in [-0.3, -0.25) is 0 Å². The number of carbonyl (C=O) groups is 1. The van der Waals surface area contributed by atoms with E-state index in [1.807, 2.05) is 25.1 Å². The Balaban J connectivity index is 1.90. The smallest absolute Gasteiger partial charge is 0.346 e. The number of furan rings is 1. The van der Waals surface area contributed by atoms with Gasteiger partial charge < -0.3 is 14.8 Å². The highest BCUT2D eigenvalue weighted by atomic mass is 32.1. The molecule has 2 rings (SSSR count). The zero-order valence-electron chi connectivity index (χ0n) is 9.40. The molecule has 4 nitrogen and oxygen atoms in total. The number of aryl methyl sites for hydroxylation is 1. The molecule has 0 unspecified atom stereocenters. The van der Waals surface area contributed by atoms with Gasteiger partial charge in [0.05, 0.1) is 6.54 Å². The third-order valence-electron chi connectivity index (χ3n) is 2.35. The maximum atomic E-state index is 10.9. The first kappa shape index (κ1) is 11.9. The quantitative estimate of drug-likeness (QED) is 0.857. The minimum Gasteiger partial charge on any atom is -0.477 e. The van der Waals surface area contributed by atoms with Crippen LogP contribution in [-0.4, -0.2) is 11.1 Å². The number of hydrogen-bond donors (Lipinski definition) is 2. The minimum absolute atomic E-state index is 0.396. The predicted molar refractivity (Wildman–Crippen MR) is 65.3 cm³/mol. The Bertz CT molecular complexity index is 515. The molecule has 0 fully saturated rings. The summed E-state index contributed by atoms with van der Waals surface area (Å²) >= 11 is 1.25. The molecule has 0 amide bonds. The van der Waals surface area contributed by atoms with Crippen LogP contribution >= 0.6 is 11.3 Å². The van der Waals surface area contributed by atoms with Gasteiger partial charge >= 0.3 is 5.97 Å². The van der Waals surface area contributed by atoms with Gasteiger partial charge in [-0.25, -0.2) is 4.79 Å². The molecular formula is C12H13NO3S. The summed E-state index contributed by atoms with van der Waals surface area (Å²) in [6, 6.07) is 5.65. The Kier molecular flexibility index (Phi) is 3.61. The predicted octanol–water partition coefficient (Wildman–Crippen LogP) is 2.64. The third-order valence-corrected chi connectivity index (χ3v) is 3.30. The topological polar surface area (TPSA) is 62.5 Å². The van der Waals surface area contributed by atoms with Gasteiger partial charge in [0.1, 0.15) is 16.4 Å². The van der Waals surface area contributed by atoms with E-state index < -0.39 is 5.97 Å². The van der Waals surface area contributed by atoms with Crippen LogP contribution in [0, 0.1) is 6.92 Å². The van der Waals surface area contributed by atoms with Gasteiger partial charge in [0, 0.05) is 6.54 Å². The van der Waals surface area contributed by atoms with E-state index in [1.54, 1.807) is 5.38 Å². The summed E-state index contributed by atoms with van der Waals surface area (Å²) in [7, 11) is 0. The Hall–Kier alpha value is -1.59. The average Bonchev–Trinajstić information content (AvgIpc) is 2.87. The standard InChI is InChI=1S/C12H13NO3S/c1-8-2-3-10(16-8)7-13-6-9-4-5-17-11(9)12(14)15/h2-5,13H,6-7H2,1H3,(H,14,15).